The number of ether oxygens (including phenoxy) is 1. The molecule has 0 radical (unpaired) electrons. The van der Waals surface area contributed by atoms with Gasteiger partial charge in [0.1, 0.15) is 17.4 Å². The summed E-state index contributed by atoms with van der Waals surface area (Å²) in [6, 6.07) is 1.70. The summed E-state index contributed by atoms with van der Waals surface area (Å²) in [5.74, 6) is -0.0894. The average Bonchev–Trinajstić information content (AvgIpc) is 2.43. The van der Waals surface area contributed by atoms with Gasteiger partial charge in [0.05, 0.1) is 11.8 Å². The molecule has 0 amide bonds. The van der Waals surface area contributed by atoms with E-state index in [4.69, 9.17) is 16.3 Å². The van der Waals surface area contributed by atoms with E-state index < -0.39 is 11.9 Å². The predicted molar refractivity (Wildman–Crippen MR) is 81.6 cm³/mol. The van der Waals surface area contributed by atoms with E-state index in [1.54, 1.807) is 19.9 Å². The summed E-state index contributed by atoms with van der Waals surface area (Å²) in [5.41, 5.74) is 4.69. The molecular formula is C15H20ClFN2O2. The molecule has 2 N–H and O–H groups in total. The molecule has 0 aromatic heterocycles. The van der Waals surface area contributed by atoms with E-state index in [2.05, 4.69) is 10.5 Å². The molecule has 1 aliphatic rings. The van der Waals surface area contributed by atoms with Crippen molar-refractivity contribution in [3.8, 4) is 5.75 Å². The van der Waals surface area contributed by atoms with Crippen molar-refractivity contribution in [1.29, 1.82) is 0 Å². The van der Waals surface area contributed by atoms with Crippen molar-refractivity contribution in [2.45, 2.75) is 33.3 Å². The van der Waals surface area contributed by atoms with Crippen LogP contribution in [0.2, 0.25) is 5.02 Å². The quantitative estimate of drug-likeness (QED) is 0.898. The number of aliphatic hydroxyl groups is 1. The van der Waals surface area contributed by atoms with Crippen LogP contribution in [0, 0.1) is 18.7 Å². The van der Waals surface area contributed by atoms with Gasteiger partial charge in [0.25, 0.3) is 0 Å². The molecule has 6 heteroatoms. The Balaban J connectivity index is 2.40. The van der Waals surface area contributed by atoms with Crippen LogP contribution in [0.25, 0.3) is 0 Å². The first-order valence-electron chi connectivity index (χ1n) is 7.02. The standard InChI is InChI=1S/C15H20ClFN2O2/c1-8-4-5-18-19-14(8)11-6-9(2)15(12(16)13(11)17)21-7-10(3)20/h6,8,10,18,20H,4-5,7H2,1-3H3. The Morgan fingerprint density at radius 1 is 1.62 bits per heavy atom. The third-order valence-corrected chi connectivity index (χ3v) is 3.79. The summed E-state index contributed by atoms with van der Waals surface area (Å²) in [4.78, 5) is 0. The van der Waals surface area contributed by atoms with Crippen LogP contribution in [0.15, 0.2) is 11.2 Å². The maximum atomic E-state index is 14.5. The van der Waals surface area contributed by atoms with Gasteiger partial charge in [-0.05, 0) is 31.9 Å². The fraction of sp³-hybridized carbons (Fsp3) is 0.533. The number of hydrogen-bond donors (Lipinski definition) is 2. The molecule has 2 atom stereocenters. The molecule has 116 valence electrons. The number of hydrazone groups is 1. The Morgan fingerprint density at radius 2 is 2.33 bits per heavy atom. The molecule has 0 bridgehead atoms. The minimum absolute atomic E-state index is 0.0638. The molecule has 0 spiro atoms. The van der Waals surface area contributed by atoms with Gasteiger partial charge in [0.15, 0.2) is 5.82 Å². The molecule has 1 aliphatic heterocycles. The molecule has 21 heavy (non-hydrogen) atoms. The highest BCUT2D eigenvalue weighted by atomic mass is 35.5. The van der Waals surface area contributed by atoms with Gasteiger partial charge in [0, 0.05) is 18.0 Å². The molecule has 2 unspecified atom stereocenters. The lowest BCUT2D eigenvalue weighted by atomic mass is 9.93. The highest BCUT2D eigenvalue weighted by molar-refractivity contribution is 6.32. The Bertz CT molecular complexity index is 561. The lowest BCUT2D eigenvalue weighted by Crippen LogP contribution is -2.28. The van der Waals surface area contributed by atoms with Gasteiger partial charge < -0.3 is 15.3 Å². The third kappa shape index (κ3) is 3.47. The number of hydrogen-bond acceptors (Lipinski definition) is 4. The number of benzene rings is 1. The summed E-state index contributed by atoms with van der Waals surface area (Å²) in [6.45, 7) is 6.26. The molecule has 1 heterocycles. The fourth-order valence-corrected chi connectivity index (χ4v) is 2.60. The van der Waals surface area contributed by atoms with Crippen molar-refractivity contribution >= 4 is 17.3 Å². The van der Waals surface area contributed by atoms with E-state index in [0.717, 1.165) is 18.5 Å². The topological polar surface area (TPSA) is 53.9 Å². The van der Waals surface area contributed by atoms with Crippen molar-refractivity contribution < 1.29 is 14.2 Å². The van der Waals surface area contributed by atoms with Gasteiger partial charge in [-0.1, -0.05) is 18.5 Å². The second kappa shape index (κ2) is 6.62. The van der Waals surface area contributed by atoms with Gasteiger partial charge in [0.2, 0.25) is 0 Å². The second-order valence-corrected chi connectivity index (χ2v) is 5.83. The zero-order chi connectivity index (χ0) is 15.6. The molecule has 1 aromatic carbocycles. The first-order chi connectivity index (χ1) is 9.91. The summed E-state index contributed by atoms with van der Waals surface area (Å²) in [6.07, 6.45) is 0.255. The highest BCUT2D eigenvalue weighted by Gasteiger charge is 2.24. The summed E-state index contributed by atoms with van der Waals surface area (Å²) < 4.78 is 19.9. The number of halogens is 2. The molecule has 2 rings (SSSR count). The number of nitrogens with one attached hydrogen (secondary N) is 1. The maximum absolute atomic E-state index is 14.5. The zero-order valence-corrected chi connectivity index (χ0v) is 13.2. The number of aliphatic hydroxyl groups excluding tert-OH is 1. The Labute approximate surface area is 129 Å². The lowest BCUT2D eigenvalue weighted by molar-refractivity contribution is 0.122. The Morgan fingerprint density at radius 3 is 2.95 bits per heavy atom. The SMILES string of the molecule is Cc1cc(C2=NNCCC2C)c(F)c(Cl)c1OCC(C)O. The van der Waals surface area contributed by atoms with Crippen molar-refractivity contribution in [2.75, 3.05) is 13.2 Å². The molecule has 0 saturated carbocycles. The van der Waals surface area contributed by atoms with E-state index in [1.165, 1.54) is 0 Å². The van der Waals surface area contributed by atoms with Gasteiger partial charge in [-0.3, -0.25) is 0 Å². The first-order valence-corrected chi connectivity index (χ1v) is 7.39. The molecule has 0 aliphatic carbocycles. The van der Waals surface area contributed by atoms with E-state index in [0.29, 0.717) is 11.3 Å². The molecule has 4 nitrogen and oxygen atoms in total. The van der Waals surface area contributed by atoms with Crippen molar-refractivity contribution in [1.82, 2.24) is 5.43 Å². The van der Waals surface area contributed by atoms with Crippen LogP contribution < -0.4 is 10.2 Å². The van der Waals surface area contributed by atoms with Crippen LogP contribution in [0.4, 0.5) is 4.39 Å². The van der Waals surface area contributed by atoms with Gasteiger partial charge in [-0.25, -0.2) is 4.39 Å². The third-order valence-electron chi connectivity index (χ3n) is 3.45. The van der Waals surface area contributed by atoms with Crippen molar-refractivity contribution in [3.63, 3.8) is 0 Å². The molecule has 1 aromatic rings. The van der Waals surface area contributed by atoms with Crippen molar-refractivity contribution in [3.05, 3.63) is 28.0 Å². The van der Waals surface area contributed by atoms with Crippen molar-refractivity contribution in [2.24, 2.45) is 11.0 Å². The predicted octanol–water partition coefficient (Wildman–Crippen LogP) is 2.88. The van der Waals surface area contributed by atoms with Crippen LogP contribution in [0.5, 0.6) is 5.75 Å². The van der Waals surface area contributed by atoms with Crippen LogP contribution in [0.1, 0.15) is 31.4 Å². The minimum atomic E-state index is -0.643. The zero-order valence-electron chi connectivity index (χ0n) is 12.4. The minimum Gasteiger partial charge on any atom is -0.489 e. The van der Waals surface area contributed by atoms with Gasteiger partial charge >= 0.3 is 0 Å². The monoisotopic (exact) mass is 314 g/mol. The van der Waals surface area contributed by atoms with E-state index in [9.17, 15) is 9.50 Å². The van der Waals surface area contributed by atoms with Crippen LogP contribution in [0.3, 0.4) is 0 Å². The molecular weight excluding hydrogens is 295 g/mol. The average molecular weight is 315 g/mol. The molecule has 0 saturated heterocycles. The lowest BCUT2D eigenvalue weighted by Gasteiger charge is -2.22. The van der Waals surface area contributed by atoms with Crippen LogP contribution in [-0.4, -0.2) is 30.1 Å². The van der Waals surface area contributed by atoms with Gasteiger partial charge in [-0.15, -0.1) is 0 Å². The second-order valence-electron chi connectivity index (χ2n) is 5.45. The number of aryl methyl sites for hydroxylation is 1. The van der Waals surface area contributed by atoms with Crippen LogP contribution in [-0.2, 0) is 0 Å². The normalized spacial score (nSPS) is 19.7. The first kappa shape index (κ1) is 16.0. The molecule has 0 fully saturated rings. The summed E-state index contributed by atoms with van der Waals surface area (Å²) in [7, 11) is 0. The highest BCUT2D eigenvalue weighted by Crippen LogP contribution is 2.35. The van der Waals surface area contributed by atoms with E-state index >= 15 is 0 Å². The summed E-state index contributed by atoms with van der Waals surface area (Å²) >= 11 is 6.10. The number of nitrogens with zero attached hydrogens (tertiary/aromatic N) is 1. The number of rotatable bonds is 4. The largest absolute Gasteiger partial charge is 0.489 e. The Kier molecular flexibility index (Phi) is 5.06. The summed E-state index contributed by atoms with van der Waals surface area (Å²) in [5, 5.41) is 13.4. The maximum Gasteiger partial charge on any atom is 0.154 e. The van der Waals surface area contributed by atoms with E-state index in [-0.39, 0.29) is 23.3 Å². The Hall–Kier alpha value is -1.33. The van der Waals surface area contributed by atoms with Crippen LogP contribution >= 0.6 is 11.6 Å². The smallest absolute Gasteiger partial charge is 0.154 e. The fourth-order valence-electron chi connectivity index (χ4n) is 2.30. The van der Waals surface area contributed by atoms with Gasteiger partial charge in [-0.2, -0.15) is 5.10 Å². The van der Waals surface area contributed by atoms with E-state index in [1.807, 2.05) is 6.92 Å².